The lowest BCUT2D eigenvalue weighted by atomic mass is 10.2. The molecule has 0 radical (unpaired) electrons. The Balaban J connectivity index is 2.30. The molecule has 0 unspecified atom stereocenters. The smallest absolute Gasteiger partial charge is 0.261 e. The molecule has 0 atom stereocenters. The highest BCUT2D eigenvalue weighted by atomic mass is 16.2. The molecule has 3 N–H and O–H groups in total. The van der Waals surface area contributed by atoms with Crippen molar-refractivity contribution in [3.8, 4) is 0 Å². The number of aromatic amines is 2. The molecule has 0 aromatic carbocycles. The minimum Gasteiger partial charge on any atom is -0.367 e. The number of amides is 1. The molecule has 2 heterocycles. The fraction of sp³-hybridized carbons (Fsp3) is 0.182. The van der Waals surface area contributed by atoms with Gasteiger partial charge in [-0.2, -0.15) is 5.10 Å². The summed E-state index contributed by atoms with van der Waals surface area (Å²) in [6.07, 6.45) is 2.86. The lowest BCUT2D eigenvalue weighted by molar-refractivity contribution is 0.102. The molecule has 0 saturated carbocycles. The fourth-order valence-electron chi connectivity index (χ4n) is 1.51. The SMILES string of the molecule is Cc1n[nH]c(C)c1NC(=O)c1c[nH]ccc1=O. The van der Waals surface area contributed by atoms with E-state index >= 15 is 0 Å². The number of nitrogens with zero attached hydrogens (tertiary/aromatic N) is 1. The molecule has 1 amide bonds. The molecule has 6 nitrogen and oxygen atoms in total. The van der Waals surface area contributed by atoms with Crippen molar-refractivity contribution in [3.63, 3.8) is 0 Å². The number of anilines is 1. The maximum absolute atomic E-state index is 11.9. The summed E-state index contributed by atoms with van der Waals surface area (Å²) in [5.74, 6) is -0.445. The van der Waals surface area contributed by atoms with Crippen LogP contribution in [0, 0.1) is 13.8 Å². The third kappa shape index (κ3) is 2.10. The topological polar surface area (TPSA) is 90.6 Å². The molecule has 17 heavy (non-hydrogen) atoms. The molecule has 0 aliphatic rings. The zero-order valence-corrected chi connectivity index (χ0v) is 9.50. The number of aryl methyl sites for hydroxylation is 2. The van der Waals surface area contributed by atoms with Crippen LogP contribution in [0.15, 0.2) is 23.3 Å². The second kappa shape index (κ2) is 4.25. The van der Waals surface area contributed by atoms with Crippen molar-refractivity contribution in [2.24, 2.45) is 0 Å². The van der Waals surface area contributed by atoms with E-state index in [4.69, 9.17) is 0 Å². The van der Waals surface area contributed by atoms with Gasteiger partial charge in [-0.3, -0.25) is 14.7 Å². The van der Waals surface area contributed by atoms with Gasteiger partial charge in [-0.1, -0.05) is 0 Å². The molecule has 2 aromatic heterocycles. The molecule has 6 heteroatoms. The van der Waals surface area contributed by atoms with Crippen LogP contribution in [-0.2, 0) is 0 Å². The van der Waals surface area contributed by atoms with E-state index in [-0.39, 0.29) is 11.0 Å². The summed E-state index contributed by atoms with van der Waals surface area (Å²) in [6.45, 7) is 3.57. The highest BCUT2D eigenvalue weighted by molar-refractivity contribution is 6.04. The van der Waals surface area contributed by atoms with Crippen molar-refractivity contribution in [2.75, 3.05) is 5.32 Å². The summed E-state index contributed by atoms with van der Waals surface area (Å²) >= 11 is 0. The van der Waals surface area contributed by atoms with E-state index < -0.39 is 5.91 Å². The van der Waals surface area contributed by atoms with E-state index in [0.717, 1.165) is 5.69 Å². The lowest BCUT2D eigenvalue weighted by Gasteiger charge is -2.04. The van der Waals surface area contributed by atoms with Gasteiger partial charge in [-0.25, -0.2) is 0 Å². The van der Waals surface area contributed by atoms with Gasteiger partial charge in [0, 0.05) is 18.5 Å². The average molecular weight is 232 g/mol. The van der Waals surface area contributed by atoms with Crippen molar-refractivity contribution in [2.45, 2.75) is 13.8 Å². The Morgan fingerprint density at radius 2 is 2.18 bits per heavy atom. The van der Waals surface area contributed by atoms with Crippen LogP contribution in [0.5, 0.6) is 0 Å². The standard InChI is InChI=1S/C11H12N4O2/c1-6-10(7(2)15-14-6)13-11(17)8-5-12-4-3-9(8)16/h3-5H,1-2H3,(H,12,16)(H,13,17)(H,14,15). The Hall–Kier alpha value is -2.37. The first-order chi connectivity index (χ1) is 8.09. The van der Waals surface area contributed by atoms with Gasteiger partial charge in [-0.05, 0) is 13.8 Å². The van der Waals surface area contributed by atoms with Gasteiger partial charge in [0.1, 0.15) is 5.56 Å². The van der Waals surface area contributed by atoms with Crippen LogP contribution in [0.2, 0.25) is 0 Å². The van der Waals surface area contributed by atoms with E-state index in [1.807, 2.05) is 0 Å². The molecule has 0 aliphatic carbocycles. The first kappa shape index (κ1) is 11.1. The van der Waals surface area contributed by atoms with E-state index in [9.17, 15) is 9.59 Å². The maximum atomic E-state index is 11.9. The number of hydrogen-bond donors (Lipinski definition) is 3. The second-order valence-corrected chi connectivity index (χ2v) is 3.69. The highest BCUT2D eigenvalue weighted by Gasteiger charge is 2.13. The molecular formula is C11H12N4O2. The van der Waals surface area contributed by atoms with Crippen LogP contribution in [0.1, 0.15) is 21.7 Å². The summed E-state index contributed by atoms with van der Waals surface area (Å²) in [7, 11) is 0. The summed E-state index contributed by atoms with van der Waals surface area (Å²) in [5.41, 5.74) is 1.80. The van der Waals surface area contributed by atoms with Crippen molar-refractivity contribution >= 4 is 11.6 Å². The quantitative estimate of drug-likeness (QED) is 0.720. The van der Waals surface area contributed by atoms with Crippen molar-refractivity contribution < 1.29 is 4.79 Å². The molecule has 0 saturated heterocycles. The minimum absolute atomic E-state index is 0.0764. The Kier molecular flexibility index (Phi) is 2.78. The summed E-state index contributed by atoms with van der Waals surface area (Å²) < 4.78 is 0. The lowest BCUT2D eigenvalue weighted by Crippen LogP contribution is -2.21. The molecular weight excluding hydrogens is 220 g/mol. The first-order valence-corrected chi connectivity index (χ1v) is 5.09. The summed E-state index contributed by atoms with van der Waals surface area (Å²) in [5, 5.41) is 9.38. The molecule has 0 fully saturated rings. The van der Waals surface area contributed by atoms with Crippen molar-refractivity contribution in [1.29, 1.82) is 0 Å². The third-order valence-corrected chi connectivity index (χ3v) is 2.44. The Bertz CT molecular complexity index is 592. The fourth-order valence-corrected chi connectivity index (χ4v) is 1.51. The van der Waals surface area contributed by atoms with Crippen LogP contribution in [0.4, 0.5) is 5.69 Å². The van der Waals surface area contributed by atoms with Crippen LogP contribution >= 0.6 is 0 Å². The van der Waals surface area contributed by atoms with Gasteiger partial charge in [0.2, 0.25) is 0 Å². The minimum atomic E-state index is -0.445. The van der Waals surface area contributed by atoms with Gasteiger partial charge in [-0.15, -0.1) is 0 Å². The summed E-state index contributed by atoms with van der Waals surface area (Å²) in [4.78, 5) is 26.0. The highest BCUT2D eigenvalue weighted by Crippen LogP contribution is 2.16. The van der Waals surface area contributed by atoms with Crippen molar-refractivity contribution in [1.82, 2.24) is 15.2 Å². The van der Waals surface area contributed by atoms with Gasteiger partial charge in [0.05, 0.1) is 17.1 Å². The number of carbonyl (C=O) groups excluding carboxylic acids is 1. The maximum Gasteiger partial charge on any atom is 0.261 e. The number of carbonyl (C=O) groups is 1. The zero-order valence-electron chi connectivity index (χ0n) is 9.50. The van der Waals surface area contributed by atoms with Crippen molar-refractivity contribution in [3.05, 3.63) is 45.6 Å². The van der Waals surface area contributed by atoms with Crippen LogP contribution in [-0.4, -0.2) is 21.1 Å². The number of H-pyrrole nitrogens is 2. The monoisotopic (exact) mass is 232 g/mol. The van der Waals surface area contributed by atoms with Crippen LogP contribution in [0.25, 0.3) is 0 Å². The molecule has 0 spiro atoms. The number of rotatable bonds is 2. The number of nitrogens with one attached hydrogen (secondary N) is 3. The molecule has 88 valence electrons. The van der Waals surface area contributed by atoms with Crippen LogP contribution in [0.3, 0.4) is 0 Å². The van der Waals surface area contributed by atoms with Gasteiger partial charge >= 0.3 is 0 Å². The predicted octanol–water partition coefficient (Wildman–Crippen LogP) is 0.967. The van der Waals surface area contributed by atoms with Gasteiger partial charge < -0.3 is 10.3 Å². The zero-order chi connectivity index (χ0) is 12.4. The number of aromatic nitrogens is 3. The normalized spacial score (nSPS) is 10.2. The summed E-state index contributed by atoms with van der Waals surface area (Å²) in [6, 6.07) is 1.31. The Morgan fingerprint density at radius 3 is 2.76 bits per heavy atom. The predicted molar refractivity (Wildman–Crippen MR) is 63.1 cm³/mol. The molecule has 0 aliphatic heterocycles. The third-order valence-electron chi connectivity index (χ3n) is 2.44. The van der Waals surface area contributed by atoms with E-state index in [1.165, 1.54) is 18.5 Å². The largest absolute Gasteiger partial charge is 0.367 e. The first-order valence-electron chi connectivity index (χ1n) is 5.09. The molecule has 0 bridgehead atoms. The van der Waals surface area contributed by atoms with E-state index in [1.54, 1.807) is 13.8 Å². The number of pyridine rings is 1. The molecule has 2 aromatic rings. The van der Waals surface area contributed by atoms with E-state index in [2.05, 4.69) is 20.5 Å². The second-order valence-electron chi connectivity index (χ2n) is 3.69. The average Bonchev–Trinajstić information content (AvgIpc) is 2.61. The number of hydrogen-bond acceptors (Lipinski definition) is 3. The van der Waals surface area contributed by atoms with Crippen LogP contribution < -0.4 is 10.7 Å². The van der Waals surface area contributed by atoms with Gasteiger partial charge in [0.25, 0.3) is 5.91 Å². The Labute approximate surface area is 97.1 Å². The molecule has 2 rings (SSSR count). The van der Waals surface area contributed by atoms with Gasteiger partial charge in [0.15, 0.2) is 5.43 Å². The Morgan fingerprint density at radius 1 is 1.41 bits per heavy atom. The van der Waals surface area contributed by atoms with E-state index in [0.29, 0.717) is 11.4 Å².